The maximum absolute atomic E-state index is 14.1. The highest BCUT2D eigenvalue weighted by molar-refractivity contribution is 8.32. The van der Waals surface area contributed by atoms with Crippen LogP contribution in [0.4, 0.5) is 0 Å². The van der Waals surface area contributed by atoms with Gasteiger partial charge in [-0.15, -0.1) is 8.42 Å². The van der Waals surface area contributed by atoms with Crippen molar-refractivity contribution in [1.29, 1.82) is 0 Å². The van der Waals surface area contributed by atoms with Crippen LogP contribution in [0.25, 0.3) is 0 Å². The summed E-state index contributed by atoms with van der Waals surface area (Å²) < 4.78 is 45.3. The molecular weight excluding hydrogens is 553 g/mol. The van der Waals surface area contributed by atoms with E-state index in [1.54, 1.807) is 24.3 Å². The first-order valence-corrected chi connectivity index (χ1v) is 16.7. The van der Waals surface area contributed by atoms with Crippen LogP contribution >= 0.6 is 10.3 Å². The highest BCUT2D eigenvalue weighted by Crippen LogP contribution is 2.69. The van der Waals surface area contributed by atoms with E-state index in [1.807, 2.05) is 128 Å². The minimum Gasteiger partial charge on any atom is -0.488 e. The van der Waals surface area contributed by atoms with E-state index in [-0.39, 0.29) is 16.1 Å². The maximum atomic E-state index is 14.1. The summed E-state index contributed by atoms with van der Waals surface area (Å²) in [6.07, 6.45) is 0. The number of hydrogen-bond acceptors (Lipinski definition) is 4. The second-order valence-corrected chi connectivity index (χ2v) is 16.6. The SMILES string of the molecule is Cc1ccc(S(=O)(=O)[OH+]S(c2ccc(OC(C)(C)C)cc2)(c2ccc(OC(C)(C)C)cc2)c2ccccc2C)cc1. The van der Waals surface area contributed by atoms with Gasteiger partial charge in [-0.3, -0.25) is 3.63 Å². The lowest BCUT2D eigenvalue weighted by atomic mass is 10.2. The normalized spacial score (nSPS) is 13.1. The van der Waals surface area contributed by atoms with Gasteiger partial charge < -0.3 is 9.47 Å². The van der Waals surface area contributed by atoms with E-state index in [0.717, 1.165) is 25.8 Å². The van der Waals surface area contributed by atoms with Crippen LogP contribution in [-0.4, -0.2) is 23.2 Å². The van der Waals surface area contributed by atoms with Gasteiger partial charge in [0.25, 0.3) is 0 Å². The molecule has 0 aliphatic rings. The number of aryl methyl sites for hydroxylation is 2. The van der Waals surface area contributed by atoms with Crippen molar-refractivity contribution in [2.75, 3.05) is 0 Å². The summed E-state index contributed by atoms with van der Waals surface area (Å²) in [5.74, 6) is 1.41. The molecule has 218 valence electrons. The van der Waals surface area contributed by atoms with Crippen LogP contribution in [0.3, 0.4) is 0 Å². The highest BCUT2D eigenvalue weighted by Gasteiger charge is 2.44. The molecule has 7 heteroatoms. The molecule has 5 nitrogen and oxygen atoms in total. The standard InChI is InChI=1S/C34H40O5S2/c1-25-13-19-31(20-14-25)41(35,36)39-40(32-12-10-9-11-26(32)2,29-21-15-27(16-22-29)37-33(3,4)5)30-23-17-28(18-24-30)38-34(6,7)8/h9-24H,1-8H3/p+1. The average Bonchev–Trinajstić information content (AvgIpc) is 2.87. The fourth-order valence-electron chi connectivity index (χ4n) is 4.42. The Bertz CT molecular complexity index is 1520. The number of rotatable bonds is 8. The van der Waals surface area contributed by atoms with Crippen LogP contribution in [-0.2, 0) is 10.1 Å². The van der Waals surface area contributed by atoms with Gasteiger partial charge in [-0.05, 0) is 128 Å². The van der Waals surface area contributed by atoms with E-state index in [9.17, 15) is 8.42 Å². The van der Waals surface area contributed by atoms with E-state index in [2.05, 4.69) is 0 Å². The largest absolute Gasteiger partial charge is 0.488 e. The minimum atomic E-state index is -4.07. The molecular formula is C34H41O5S2+. The first kappa shape index (κ1) is 30.7. The summed E-state index contributed by atoms with van der Waals surface area (Å²) in [4.78, 5) is 2.58. The quantitative estimate of drug-likeness (QED) is 0.151. The molecule has 0 unspecified atom stereocenters. The first-order chi connectivity index (χ1) is 19.1. The monoisotopic (exact) mass is 593 g/mol. The Kier molecular flexibility index (Phi) is 8.65. The number of benzene rings is 4. The molecule has 0 saturated heterocycles. The molecule has 0 fully saturated rings. The summed E-state index contributed by atoms with van der Waals surface area (Å²) in [5.41, 5.74) is 1.19. The predicted octanol–water partition coefficient (Wildman–Crippen LogP) is 9.34. The summed E-state index contributed by atoms with van der Waals surface area (Å²) in [6.45, 7) is 15.9. The van der Waals surface area contributed by atoms with Crippen molar-refractivity contribution in [3.63, 3.8) is 0 Å². The van der Waals surface area contributed by atoms with Crippen LogP contribution in [0, 0.1) is 13.8 Å². The average molecular weight is 594 g/mol. The molecule has 0 aliphatic heterocycles. The first-order valence-electron chi connectivity index (χ1n) is 13.6. The molecule has 0 bridgehead atoms. The van der Waals surface area contributed by atoms with Gasteiger partial charge in [0, 0.05) is 0 Å². The molecule has 0 aliphatic carbocycles. The molecule has 0 atom stereocenters. The van der Waals surface area contributed by atoms with E-state index in [0.29, 0.717) is 11.5 Å². The Labute approximate surface area is 247 Å². The summed E-state index contributed by atoms with van der Waals surface area (Å²) in [7, 11) is -6.75. The van der Waals surface area contributed by atoms with Crippen molar-refractivity contribution in [1.82, 2.24) is 0 Å². The molecule has 0 radical (unpaired) electrons. The lowest BCUT2D eigenvalue weighted by molar-refractivity contribution is 0.130. The van der Waals surface area contributed by atoms with Crippen LogP contribution in [0.2, 0.25) is 0 Å². The fourth-order valence-corrected chi connectivity index (χ4v) is 10.1. The summed E-state index contributed by atoms with van der Waals surface area (Å²) >= 11 is 0. The van der Waals surface area contributed by atoms with Crippen molar-refractivity contribution in [2.24, 2.45) is 0 Å². The number of hydrogen-bond donors (Lipinski definition) is 0. The molecule has 4 aromatic carbocycles. The van der Waals surface area contributed by atoms with Crippen molar-refractivity contribution in [2.45, 2.75) is 86.2 Å². The molecule has 1 N–H and O–H groups in total. The van der Waals surface area contributed by atoms with Gasteiger partial charge in [-0.1, -0.05) is 35.9 Å². The Hall–Kier alpha value is -3.26. The lowest BCUT2D eigenvalue weighted by Gasteiger charge is -2.36. The van der Waals surface area contributed by atoms with Crippen LogP contribution in [0.5, 0.6) is 11.5 Å². The third-order valence-electron chi connectivity index (χ3n) is 6.12. The summed E-state index contributed by atoms with van der Waals surface area (Å²) in [6, 6.07) is 30.1. The Morgan fingerprint density at radius 2 is 0.976 bits per heavy atom. The Balaban J connectivity index is 1.98. The fraction of sp³-hybridized carbons (Fsp3) is 0.294. The molecule has 0 spiro atoms. The van der Waals surface area contributed by atoms with Gasteiger partial charge in [-0.2, -0.15) is 0 Å². The zero-order valence-electron chi connectivity index (χ0n) is 25.1. The van der Waals surface area contributed by atoms with Crippen molar-refractivity contribution >= 4 is 20.4 Å². The maximum Gasteiger partial charge on any atom is 0.422 e. The smallest absolute Gasteiger partial charge is 0.422 e. The van der Waals surface area contributed by atoms with Crippen LogP contribution in [0.1, 0.15) is 52.7 Å². The zero-order chi connectivity index (χ0) is 30.1. The third kappa shape index (κ3) is 7.34. The van der Waals surface area contributed by atoms with E-state index in [4.69, 9.17) is 13.1 Å². The predicted molar refractivity (Wildman–Crippen MR) is 168 cm³/mol. The van der Waals surface area contributed by atoms with E-state index in [1.165, 1.54) is 0 Å². The third-order valence-corrected chi connectivity index (χ3v) is 11.7. The number of ether oxygens (including phenoxy) is 2. The molecule has 0 heterocycles. The topological polar surface area (TPSA) is 65.4 Å². The Morgan fingerprint density at radius 3 is 1.39 bits per heavy atom. The van der Waals surface area contributed by atoms with Gasteiger partial charge in [0.2, 0.25) is 0 Å². The summed E-state index contributed by atoms with van der Waals surface area (Å²) in [5, 5.41) is 0. The molecule has 4 aromatic rings. The molecule has 41 heavy (non-hydrogen) atoms. The lowest BCUT2D eigenvalue weighted by Crippen LogP contribution is -2.23. The van der Waals surface area contributed by atoms with Crippen LogP contribution < -0.4 is 9.47 Å². The van der Waals surface area contributed by atoms with Crippen molar-refractivity contribution in [3.05, 3.63) is 108 Å². The van der Waals surface area contributed by atoms with Crippen LogP contribution in [0.15, 0.2) is 117 Å². The molecule has 0 aromatic heterocycles. The van der Waals surface area contributed by atoms with Gasteiger partial charge in [0.15, 0.2) is 0 Å². The molecule has 0 saturated carbocycles. The van der Waals surface area contributed by atoms with E-state index >= 15 is 0 Å². The molecule has 4 rings (SSSR count). The van der Waals surface area contributed by atoms with E-state index < -0.39 is 20.4 Å². The van der Waals surface area contributed by atoms with Gasteiger partial charge in [0.05, 0.1) is 25.0 Å². The van der Waals surface area contributed by atoms with Crippen molar-refractivity contribution < 1.29 is 21.5 Å². The van der Waals surface area contributed by atoms with Crippen molar-refractivity contribution in [3.8, 4) is 11.5 Å². The molecule has 0 amide bonds. The second-order valence-electron chi connectivity index (χ2n) is 12.1. The highest BCUT2D eigenvalue weighted by atomic mass is 32.3. The minimum absolute atomic E-state index is 0.161. The second kappa shape index (κ2) is 11.6. The van der Waals surface area contributed by atoms with Gasteiger partial charge >= 0.3 is 10.1 Å². The van der Waals surface area contributed by atoms with Gasteiger partial charge in [-0.25, -0.2) is 0 Å². The zero-order valence-corrected chi connectivity index (χ0v) is 26.8. The van der Waals surface area contributed by atoms with Gasteiger partial charge in [0.1, 0.15) is 27.6 Å². The Morgan fingerprint density at radius 1 is 0.561 bits per heavy atom.